The molecular weight excluding hydrogens is 100 g/mol. The van der Waals surface area contributed by atoms with E-state index in [1.165, 1.54) is 12.0 Å². The first-order chi connectivity index (χ1) is 3.79. The molecule has 0 saturated heterocycles. The molecule has 0 aliphatic carbocycles. The van der Waals surface area contributed by atoms with Crippen molar-refractivity contribution in [3.8, 4) is 0 Å². The maximum absolute atomic E-state index is 3.10. The summed E-state index contributed by atoms with van der Waals surface area (Å²) in [6.45, 7) is 3.27. The van der Waals surface area contributed by atoms with E-state index >= 15 is 0 Å². The predicted molar refractivity (Wildman–Crippen MR) is 34.1 cm³/mol. The van der Waals surface area contributed by atoms with Crippen LogP contribution in [0.5, 0.6) is 0 Å². The molecule has 2 nitrogen and oxygen atoms in total. The van der Waals surface area contributed by atoms with Crippen molar-refractivity contribution in [1.82, 2.24) is 10.4 Å². The molecule has 1 aliphatic heterocycles. The summed E-state index contributed by atoms with van der Waals surface area (Å²) in [5, 5.41) is 2.08. The average molecular weight is 112 g/mol. The van der Waals surface area contributed by atoms with E-state index in [0.29, 0.717) is 0 Å². The van der Waals surface area contributed by atoms with Gasteiger partial charge >= 0.3 is 0 Å². The molecule has 0 aromatic rings. The summed E-state index contributed by atoms with van der Waals surface area (Å²) in [5.41, 5.74) is 4.54. The summed E-state index contributed by atoms with van der Waals surface area (Å²) in [5.74, 6) is 0. The molecule has 0 aromatic heterocycles. The van der Waals surface area contributed by atoms with Gasteiger partial charge < -0.3 is 5.43 Å². The van der Waals surface area contributed by atoms with Gasteiger partial charge in [-0.3, -0.25) is 0 Å². The average Bonchev–Trinajstić information content (AvgIpc) is 1.77. The van der Waals surface area contributed by atoms with Gasteiger partial charge in [-0.05, 0) is 13.3 Å². The Kier molecular flexibility index (Phi) is 1.53. The Hall–Kier alpha value is -0.500. The number of hydrazine groups is 1. The Morgan fingerprint density at radius 1 is 1.75 bits per heavy atom. The third-order valence-corrected chi connectivity index (χ3v) is 1.37. The van der Waals surface area contributed by atoms with Crippen LogP contribution in [0.25, 0.3) is 0 Å². The number of nitrogens with zero attached hydrogens (tertiary/aromatic N) is 1. The van der Waals surface area contributed by atoms with E-state index < -0.39 is 0 Å². The zero-order valence-electron chi connectivity index (χ0n) is 5.44. The normalized spacial score (nSPS) is 22.0. The summed E-state index contributed by atoms with van der Waals surface area (Å²) in [6.07, 6.45) is 3.24. The number of hydrogen-bond donors (Lipinski definition) is 1. The van der Waals surface area contributed by atoms with Crippen LogP contribution < -0.4 is 5.43 Å². The molecule has 46 valence electrons. The molecule has 1 N–H and O–H groups in total. The van der Waals surface area contributed by atoms with Crippen LogP contribution in [0.1, 0.15) is 13.3 Å². The van der Waals surface area contributed by atoms with Crippen LogP contribution in [0, 0.1) is 0 Å². The van der Waals surface area contributed by atoms with Crippen LogP contribution in [0.3, 0.4) is 0 Å². The molecule has 1 rings (SSSR count). The van der Waals surface area contributed by atoms with Crippen LogP contribution in [0.4, 0.5) is 0 Å². The standard InChI is InChI=1S/C6H12N2/c1-6-3-4-8(2)7-5-6/h5,7H,3-4H2,1-2H3. The minimum Gasteiger partial charge on any atom is -0.326 e. The highest BCUT2D eigenvalue weighted by Gasteiger charge is 2.00. The molecule has 0 saturated carbocycles. The molecule has 0 fully saturated rings. The van der Waals surface area contributed by atoms with E-state index in [1.807, 2.05) is 13.2 Å². The zero-order valence-corrected chi connectivity index (χ0v) is 5.44. The van der Waals surface area contributed by atoms with Gasteiger partial charge in [0.1, 0.15) is 0 Å². The smallest absolute Gasteiger partial charge is 0.0213 e. The third kappa shape index (κ3) is 1.23. The van der Waals surface area contributed by atoms with E-state index in [-0.39, 0.29) is 0 Å². The van der Waals surface area contributed by atoms with E-state index in [2.05, 4.69) is 17.4 Å². The van der Waals surface area contributed by atoms with Crippen molar-refractivity contribution >= 4 is 0 Å². The number of nitrogens with one attached hydrogen (secondary N) is 1. The van der Waals surface area contributed by atoms with Crippen molar-refractivity contribution in [1.29, 1.82) is 0 Å². The zero-order chi connectivity index (χ0) is 5.98. The summed E-state index contributed by atoms with van der Waals surface area (Å²) >= 11 is 0. The van der Waals surface area contributed by atoms with E-state index in [0.717, 1.165) is 6.54 Å². The van der Waals surface area contributed by atoms with Crippen molar-refractivity contribution in [2.45, 2.75) is 13.3 Å². The number of rotatable bonds is 0. The van der Waals surface area contributed by atoms with Crippen LogP contribution in [-0.4, -0.2) is 18.6 Å². The molecular formula is C6H12N2. The first kappa shape index (κ1) is 5.63. The van der Waals surface area contributed by atoms with Crippen molar-refractivity contribution in [2.24, 2.45) is 0 Å². The first-order valence-electron chi connectivity index (χ1n) is 2.92. The SMILES string of the molecule is CC1=CNN(C)CC1. The number of hydrogen-bond acceptors (Lipinski definition) is 2. The van der Waals surface area contributed by atoms with Crippen LogP contribution >= 0.6 is 0 Å². The van der Waals surface area contributed by atoms with E-state index in [9.17, 15) is 0 Å². The fourth-order valence-electron chi connectivity index (χ4n) is 0.701. The highest BCUT2D eigenvalue weighted by Crippen LogP contribution is 2.02. The minimum atomic E-state index is 1.13. The molecule has 0 atom stereocenters. The van der Waals surface area contributed by atoms with Crippen molar-refractivity contribution in [3.63, 3.8) is 0 Å². The second kappa shape index (κ2) is 2.18. The summed E-state index contributed by atoms with van der Waals surface area (Å²) in [6, 6.07) is 0. The Bertz CT molecular complexity index is 107. The molecule has 1 heterocycles. The van der Waals surface area contributed by atoms with E-state index in [4.69, 9.17) is 0 Å². The molecule has 0 radical (unpaired) electrons. The first-order valence-corrected chi connectivity index (χ1v) is 2.92. The van der Waals surface area contributed by atoms with Gasteiger partial charge in [-0.2, -0.15) is 0 Å². The van der Waals surface area contributed by atoms with Crippen molar-refractivity contribution in [2.75, 3.05) is 13.6 Å². The molecule has 1 aliphatic rings. The molecule has 0 amide bonds. The van der Waals surface area contributed by atoms with Gasteiger partial charge in [-0.1, -0.05) is 5.57 Å². The lowest BCUT2D eigenvalue weighted by Crippen LogP contribution is -2.34. The summed E-state index contributed by atoms with van der Waals surface area (Å²) in [4.78, 5) is 0. The van der Waals surface area contributed by atoms with Gasteiger partial charge in [0.15, 0.2) is 0 Å². The van der Waals surface area contributed by atoms with E-state index in [1.54, 1.807) is 0 Å². The second-order valence-electron chi connectivity index (χ2n) is 2.29. The van der Waals surface area contributed by atoms with Crippen LogP contribution in [0.15, 0.2) is 11.8 Å². The lowest BCUT2D eigenvalue weighted by Gasteiger charge is -2.21. The second-order valence-corrected chi connectivity index (χ2v) is 2.29. The lowest BCUT2D eigenvalue weighted by molar-refractivity contribution is 0.264. The molecule has 8 heavy (non-hydrogen) atoms. The van der Waals surface area contributed by atoms with Gasteiger partial charge in [-0.25, -0.2) is 5.01 Å². The molecule has 2 heteroatoms. The molecule has 0 bridgehead atoms. The van der Waals surface area contributed by atoms with Crippen molar-refractivity contribution < 1.29 is 0 Å². The quantitative estimate of drug-likeness (QED) is 0.497. The Morgan fingerprint density at radius 2 is 2.50 bits per heavy atom. The molecule has 0 spiro atoms. The van der Waals surface area contributed by atoms with Gasteiger partial charge in [-0.15, -0.1) is 0 Å². The van der Waals surface area contributed by atoms with Gasteiger partial charge in [0, 0.05) is 19.8 Å². The summed E-state index contributed by atoms with van der Waals surface area (Å²) in [7, 11) is 2.04. The Morgan fingerprint density at radius 3 is 2.88 bits per heavy atom. The van der Waals surface area contributed by atoms with Crippen LogP contribution in [0.2, 0.25) is 0 Å². The van der Waals surface area contributed by atoms with Crippen LogP contribution in [-0.2, 0) is 0 Å². The monoisotopic (exact) mass is 112 g/mol. The largest absolute Gasteiger partial charge is 0.326 e. The van der Waals surface area contributed by atoms with Gasteiger partial charge in [0.25, 0.3) is 0 Å². The topological polar surface area (TPSA) is 15.3 Å². The van der Waals surface area contributed by atoms with Crippen molar-refractivity contribution in [3.05, 3.63) is 11.8 Å². The lowest BCUT2D eigenvalue weighted by atomic mass is 10.2. The fraction of sp³-hybridized carbons (Fsp3) is 0.667. The summed E-state index contributed by atoms with van der Waals surface area (Å²) < 4.78 is 0. The maximum Gasteiger partial charge on any atom is 0.0213 e. The third-order valence-electron chi connectivity index (χ3n) is 1.37. The van der Waals surface area contributed by atoms with Gasteiger partial charge in [0.2, 0.25) is 0 Å². The Labute approximate surface area is 50.1 Å². The maximum atomic E-state index is 3.10. The highest BCUT2D eigenvalue weighted by atomic mass is 15.5. The molecule has 0 aromatic carbocycles. The minimum absolute atomic E-state index is 1.13. The Balaban J connectivity index is 2.42. The van der Waals surface area contributed by atoms with Gasteiger partial charge in [0.05, 0.1) is 0 Å². The predicted octanol–water partition coefficient (Wildman–Crippen LogP) is 0.730. The fourth-order valence-corrected chi connectivity index (χ4v) is 0.701. The molecule has 0 unspecified atom stereocenters. The highest BCUT2D eigenvalue weighted by molar-refractivity contribution is 4.98.